The summed E-state index contributed by atoms with van der Waals surface area (Å²) in [7, 11) is 0. The van der Waals surface area contributed by atoms with Crippen molar-refractivity contribution in [3.63, 3.8) is 0 Å². The fourth-order valence-corrected chi connectivity index (χ4v) is 2.15. The lowest BCUT2D eigenvalue weighted by Gasteiger charge is -2.17. The van der Waals surface area contributed by atoms with Gasteiger partial charge in [-0.1, -0.05) is 0 Å². The van der Waals surface area contributed by atoms with E-state index in [-0.39, 0.29) is 25.4 Å². The number of anilines is 1. The van der Waals surface area contributed by atoms with Crippen LogP contribution in [0.25, 0.3) is 0 Å². The molecular weight excluding hydrogens is 302 g/mol. The van der Waals surface area contributed by atoms with Crippen molar-refractivity contribution < 1.29 is 19.4 Å². The molecular formula is C15H23N3O5. The predicted molar refractivity (Wildman–Crippen MR) is 82.8 cm³/mol. The summed E-state index contributed by atoms with van der Waals surface area (Å²) in [5.74, 6) is -0.0163. The largest absolute Gasteiger partial charge is 0.444 e. The van der Waals surface area contributed by atoms with Crippen LogP contribution in [0.2, 0.25) is 0 Å². The molecule has 23 heavy (non-hydrogen) atoms. The second-order valence-electron chi connectivity index (χ2n) is 6.48. The maximum Gasteiger partial charge on any atom is 0.351 e. The Balaban J connectivity index is 1.92. The Hall–Kier alpha value is -1.93. The lowest BCUT2D eigenvalue weighted by atomic mass is 9.98. The van der Waals surface area contributed by atoms with Gasteiger partial charge in [0.05, 0.1) is 18.1 Å². The van der Waals surface area contributed by atoms with Crippen LogP contribution >= 0.6 is 0 Å². The van der Waals surface area contributed by atoms with Gasteiger partial charge in [0.2, 0.25) is 0 Å². The smallest absolute Gasteiger partial charge is 0.351 e. The van der Waals surface area contributed by atoms with Gasteiger partial charge in [-0.05, 0) is 39.7 Å². The molecule has 1 aromatic heterocycles. The van der Waals surface area contributed by atoms with Crippen LogP contribution < -0.4 is 11.0 Å². The Morgan fingerprint density at radius 3 is 2.83 bits per heavy atom. The first-order valence-electron chi connectivity index (χ1n) is 7.58. The Bertz CT molecular complexity index is 608. The van der Waals surface area contributed by atoms with Crippen molar-refractivity contribution in [3.05, 3.63) is 22.7 Å². The Labute approximate surface area is 134 Å². The fraction of sp³-hybridized carbons (Fsp3) is 0.667. The van der Waals surface area contributed by atoms with Crippen molar-refractivity contribution in [3.8, 4) is 0 Å². The Morgan fingerprint density at radius 1 is 1.52 bits per heavy atom. The van der Waals surface area contributed by atoms with E-state index < -0.39 is 17.3 Å². The summed E-state index contributed by atoms with van der Waals surface area (Å²) in [5.41, 5.74) is -1.04. The summed E-state index contributed by atoms with van der Waals surface area (Å²) in [6.07, 6.45) is 2.30. The molecule has 1 aliphatic rings. The zero-order chi connectivity index (χ0) is 17.0. The zero-order valence-corrected chi connectivity index (χ0v) is 13.6. The van der Waals surface area contributed by atoms with Gasteiger partial charge in [-0.2, -0.15) is 4.98 Å². The summed E-state index contributed by atoms with van der Waals surface area (Å²) in [6, 6.07) is 1.61. The first-order valence-corrected chi connectivity index (χ1v) is 7.58. The van der Waals surface area contributed by atoms with E-state index in [9.17, 15) is 9.59 Å². The third kappa shape index (κ3) is 4.52. The van der Waals surface area contributed by atoms with Crippen molar-refractivity contribution in [2.45, 2.75) is 45.9 Å². The molecule has 2 heterocycles. The molecule has 1 aliphatic heterocycles. The van der Waals surface area contributed by atoms with Crippen molar-refractivity contribution >= 4 is 11.8 Å². The molecule has 8 heteroatoms. The summed E-state index contributed by atoms with van der Waals surface area (Å²) in [5, 5.41) is 11.8. The van der Waals surface area contributed by atoms with E-state index in [4.69, 9.17) is 14.6 Å². The maximum absolute atomic E-state index is 12.0. The van der Waals surface area contributed by atoms with Gasteiger partial charge < -0.3 is 19.9 Å². The number of aromatic nitrogens is 2. The number of aliphatic hydroxyl groups excluding tert-OH is 1. The SMILES string of the molecule is CC(C)(C)C(=O)OCNc1ccn([C@H]2CC[C@@H](CO)O2)c(=O)n1. The van der Waals surface area contributed by atoms with Gasteiger partial charge >= 0.3 is 11.7 Å². The minimum absolute atomic E-state index is 0.0565. The second kappa shape index (κ2) is 7.10. The number of hydrogen-bond acceptors (Lipinski definition) is 7. The van der Waals surface area contributed by atoms with Gasteiger partial charge in [-0.15, -0.1) is 0 Å². The first kappa shape index (κ1) is 17.4. The Kier molecular flexibility index (Phi) is 5.38. The Morgan fingerprint density at radius 2 is 2.26 bits per heavy atom. The number of nitrogens with zero attached hydrogens (tertiary/aromatic N) is 2. The highest BCUT2D eigenvalue weighted by molar-refractivity contribution is 5.75. The van der Waals surface area contributed by atoms with Crippen LogP contribution in [0.5, 0.6) is 0 Å². The highest BCUT2D eigenvalue weighted by Crippen LogP contribution is 2.26. The third-order valence-corrected chi connectivity index (χ3v) is 3.50. The molecule has 0 spiro atoms. The van der Waals surface area contributed by atoms with Crippen LogP contribution in [0.3, 0.4) is 0 Å². The number of aliphatic hydroxyl groups is 1. The lowest BCUT2D eigenvalue weighted by Crippen LogP contribution is -2.29. The summed E-state index contributed by atoms with van der Waals surface area (Å²) in [4.78, 5) is 27.6. The van der Waals surface area contributed by atoms with Gasteiger partial charge in [-0.25, -0.2) is 4.79 Å². The molecule has 0 radical (unpaired) electrons. The van der Waals surface area contributed by atoms with Gasteiger partial charge in [0, 0.05) is 6.20 Å². The van der Waals surface area contributed by atoms with E-state index in [0.29, 0.717) is 18.7 Å². The predicted octanol–water partition coefficient (Wildman–Crippen LogP) is 0.872. The van der Waals surface area contributed by atoms with E-state index >= 15 is 0 Å². The number of carbonyl (C=O) groups excluding carboxylic acids is 1. The van der Waals surface area contributed by atoms with Crippen LogP contribution in [0.1, 0.15) is 39.8 Å². The second-order valence-corrected chi connectivity index (χ2v) is 6.48. The van der Waals surface area contributed by atoms with Gasteiger partial charge in [0.15, 0.2) is 6.73 Å². The van der Waals surface area contributed by atoms with E-state index in [2.05, 4.69) is 10.3 Å². The van der Waals surface area contributed by atoms with Crippen molar-refractivity contribution in [2.24, 2.45) is 5.41 Å². The van der Waals surface area contributed by atoms with E-state index in [1.54, 1.807) is 33.0 Å². The molecule has 0 aromatic carbocycles. The number of carbonyl (C=O) groups is 1. The van der Waals surface area contributed by atoms with E-state index in [0.717, 1.165) is 0 Å². The standard InChI is InChI=1S/C15H23N3O5/c1-15(2,3)13(20)22-9-16-11-6-7-18(14(21)17-11)12-5-4-10(8-19)23-12/h6-7,10,12,19H,4-5,8-9H2,1-3H3,(H,16,17,21)/t10-,12+/m0/s1. The summed E-state index contributed by atoms with van der Waals surface area (Å²) in [6.45, 7) is 5.17. The molecule has 128 valence electrons. The average Bonchev–Trinajstić information content (AvgIpc) is 2.95. The monoisotopic (exact) mass is 325 g/mol. The molecule has 8 nitrogen and oxygen atoms in total. The number of ether oxygens (including phenoxy) is 2. The molecule has 2 rings (SSSR count). The average molecular weight is 325 g/mol. The lowest BCUT2D eigenvalue weighted by molar-refractivity contribution is -0.152. The highest BCUT2D eigenvalue weighted by atomic mass is 16.5. The minimum atomic E-state index is -0.582. The first-order chi connectivity index (χ1) is 10.8. The molecule has 2 N–H and O–H groups in total. The van der Waals surface area contributed by atoms with E-state index in [1.807, 2.05) is 0 Å². The van der Waals surface area contributed by atoms with Gasteiger partial charge in [0.25, 0.3) is 0 Å². The number of rotatable bonds is 5. The van der Waals surface area contributed by atoms with Gasteiger partial charge in [0.1, 0.15) is 12.0 Å². The van der Waals surface area contributed by atoms with Crippen molar-refractivity contribution in [1.82, 2.24) is 9.55 Å². The van der Waals surface area contributed by atoms with Crippen LogP contribution in [0.15, 0.2) is 17.1 Å². The molecule has 0 saturated carbocycles. The molecule has 0 amide bonds. The van der Waals surface area contributed by atoms with Crippen LogP contribution in [-0.4, -0.2) is 40.1 Å². The quantitative estimate of drug-likeness (QED) is 0.611. The third-order valence-electron chi connectivity index (χ3n) is 3.50. The molecule has 0 unspecified atom stereocenters. The number of nitrogens with one attached hydrogen (secondary N) is 1. The molecule has 1 fully saturated rings. The van der Waals surface area contributed by atoms with Crippen LogP contribution in [0.4, 0.5) is 5.82 Å². The molecule has 0 aliphatic carbocycles. The minimum Gasteiger partial charge on any atom is -0.444 e. The number of hydrogen-bond donors (Lipinski definition) is 2. The number of esters is 1. The zero-order valence-electron chi connectivity index (χ0n) is 13.6. The van der Waals surface area contributed by atoms with Crippen molar-refractivity contribution in [2.75, 3.05) is 18.7 Å². The van der Waals surface area contributed by atoms with Gasteiger partial charge in [-0.3, -0.25) is 9.36 Å². The maximum atomic E-state index is 12.0. The highest BCUT2D eigenvalue weighted by Gasteiger charge is 2.27. The molecule has 1 saturated heterocycles. The summed E-state index contributed by atoms with van der Waals surface area (Å²) >= 11 is 0. The van der Waals surface area contributed by atoms with Crippen LogP contribution in [-0.2, 0) is 14.3 Å². The van der Waals surface area contributed by atoms with E-state index in [1.165, 1.54) is 4.57 Å². The summed E-state index contributed by atoms with van der Waals surface area (Å²) < 4.78 is 12.0. The van der Waals surface area contributed by atoms with Crippen LogP contribution in [0, 0.1) is 5.41 Å². The molecule has 0 bridgehead atoms. The molecule has 2 atom stereocenters. The fourth-order valence-electron chi connectivity index (χ4n) is 2.15. The topological polar surface area (TPSA) is 103 Å². The van der Waals surface area contributed by atoms with Crippen molar-refractivity contribution in [1.29, 1.82) is 0 Å². The normalized spacial score (nSPS) is 21.2. The molecule has 1 aromatic rings.